The molecule has 3 rings (SSSR count). The third kappa shape index (κ3) is 3.78. The summed E-state index contributed by atoms with van der Waals surface area (Å²) in [5.74, 6) is -0.922. The van der Waals surface area contributed by atoms with E-state index in [0.717, 1.165) is 0 Å². The monoisotopic (exact) mass is 390 g/mol. The topological polar surface area (TPSA) is 100 Å². The zero-order valence-electron chi connectivity index (χ0n) is 17.1. The summed E-state index contributed by atoms with van der Waals surface area (Å²) >= 11 is 0. The average Bonchev–Trinajstić information content (AvgIpc) is 3.12. The third-order valence-corrected chi connectivity index (χ3v) is 5.71. The highest BCUT2D eigenvalue weighted by molar-refractivity contribution is 6.35. The first-order chi connectivity index (χ1) is 13.0. The minimum atomic E-state index is -0.512. The van der Waals surface area contributed by atoms with Gasteiger partial charge in [-0.3, -0.25) is 14.4 Å². The second kappa shape index (κ2) is 7.24. The first-order valence-electron chi connectivity index (χ1n) is 9.75. The van der Waals surface area contributed by atoms with Crippen molar-refractivity contribution in [3.05, 3.63) is 24.2 Å². The van der Waals surface area contributed by atoms with E-state index < -0.39 is 22.9 Å². The standard InChI is InChI=1S/C20H30N4O4/c1-19(2)12-14(21)13-20(3,4)24(19)18(27)17(26)23-9-7-22(8-10-23)16(25)15-6-5-11-28-15/h5-6,11,14H,7-10,12-13,21H2,1-4H3. The molecule has 0 unspecified atom stereocenters. The molecule has 2 aliphatic heterocycles. The largest absolute Gasteiger partial charge is 0.459 e. The van der Waals surface area contributed by atoms with Crippen LogP contribution in [0.2, 0.25) is 0 Å². The van der Waals surface area contributed by atoms with E-state index in [2.05, 4.69) is 0 Å². The molecule has 0 atom stereocenters. The summed E-state index contributed by atoms with van der Waals surface area (Å²) in [5, 5.41) is 0. The van der Waals surface area contributed by atoms with Gasteiger partial charge in [-0.2, -0.15) is 0 Å². The molecule has 28 heavy (non-hydrogen) atoms. The van der Waals surface area contributed by atoms with Crippen molar-refractivity contribution in [2.24, 2.45) is 5.73 Å². The quantitative estimate of drug-likeness (QED) is 0.723. The fourth-order valence-electron chi connectivity index (χ4n) is 4.81. The van der Waals surface area contributed by atoms with Crippen LogP contribution >= 0.6 is 0 Å². The molecule has 154 valence electrons. The van der Waals surface area contributed by atoms with Crippen LogP contribution in [0.4, 0.5) is 0 Å². The van der Waals surface area contributed by atoms with Crippen LogP contribution in [0, 0.1) is 0 Å². The van der Waals surface area contributed by atoms with E-state index in [4.69, 9.17) is 10.2 Å². The normalized spacial score (nSPS) is 22.2. The minimum Gasteiger partial charge on any atom is -0.459 e. The van der Waals surface area contributed by atoms with Gasteiger partial charge in [0, 0.05) is 43.3 Å². The van der Waals surface area contributed by atoms with Crippen molar-refractivity contribution in [2.75, 3.05) is 26.2 Å². The Balaban J connectivity index is 1.66. The number of furan rings is 1. The maximum atomic E-state index is 13.1. The number of carbonyl (C=O) groups excluding carboxylic acids is 3. The maximum Gasteiger partial charge on any atom is 0.312 e. The molecule has 0 radical (unpaired) electrons. The summed E-state index contributed by atoms with van der Waals surface area (Å²) in [6.45, 7) is 9.22. The number of rotatable bonds is 1. The predicted octanol–water partition coefficient (Wildman–Crippen LogP) is 1.07. The summed E-state index contributed by atoms with van der Waals surface area (Å²) < 4.78 is 5.15. The molecular weight excluding hydrogens is 360 g/mol. The van der Waals surface area contributed by atoms with E-state index >= 15 is 0 Å². The van der Waals surface area contributed by atoms with Crippen molar-refractivity contribution in [3.63, 3.8) is 0 Å². The lowest BCUT2D eigenvalue weighted by Gasteiger charge is -2.54. The Kier molecular flexibility index (Phi) is 5.27. The van der Waals surface area contributed by atoms with Crippen LogP contribution in [0.5, 0.6) is 0 Å². The molecule has 3 amide bonds. The second-order valence-corrected chi connectivity index (χ2v) is 9.00. The average molecular weight is 390 g/mol. The Hall–Kier alpha value is -2.35. The molecule has 0 aliphatic carbocycles. The number of hydrogen-bond acceptors (Lipinski definition) is 5. The van der Waals surface area contributed by atoms with Crippen molar-refractivity contribution < 1.29 is 18.8 Å². The second-order valence-electron chi connectivity index (χ2n) is 9.00. The lowest BCUT2D eigenvalue weighted by Crippen LogP contribution is -2.68. The molecule has 1 aromatic rings. The smallest absolute Gasteiger partial charge is 0.312 e. The lowest BCUT2D eigenvalue weighted by atomic mass is 9.77. The zero-order valence-corrected chi connectivity index (χ0v) is 17.1. The molecule has 8 heteroatoms. The van der Waals surface area contributed by atoms with E-state index in [9.17, 15) is 14.4 Å². The molecular formula is C20H30N4O4. The number of piperidine rings is 1. The Labute approximate surface area is 165 Å². The highest BCUT2D eigenvalue weighted by Crippen LogP contribution is 2.38. The summed E-state index contributed by atoms with van der Waals surface area (Å²) in [6.07, 6.45) is 2.77. The summed E-state index contributed by atoms with van der Waals surface area (Å²) in [6, 6.07) is 3.29. The van der Waals surface area contributed by atoms with Gasteiger partial charge in [0.15, 0.2) is 5.76 Å². The van der Waals surface area contributed by atoms with Crippen molar-refractivity contribution >= 4 is 17.7 Å². The van der Waals surface area contributed by atoms with Crippen LogP contribution < -0.4 is 5.73 Å². The molecule has 8 nitrogen and oxygen atoms in total. The maximum absolute atomic E-state index is 13.1. The molecule has 2 aliphatic rings. The molecule has 2 saturated heterocycles. The van der Waals surface area contributed by atoms with Gasteiger partial charge in [0.1, 0.15) is 0 Å². The number of hydrogen-bond donors (Lipinski definition) is 1. The van der Waals surface area contributed by atoms with Gasteiger partial charge in [0.05, 0.1) is 6.26 Å². The van der Waals surface area contributed by atoms with Gasteiger partial charge >= 0.3 is 11.8 Å². The number of amides is 3. The third-order valence-electron chi connectivity index (χ3n) is 5.71. The first kappa shape index (κ1) is 20.4. The van der Waals surface area contributed by atoms with Gasteiger partial charge in [-0.15, -0.1) is 0 Å². The number of carbonyl (C=O) groups is 3. The van der Waals surface area contributed by atoms with Gasteiger partial charge in [-0.05, 0) is 52.7 Å². The molecule has 0 bridgehead atoms. The van der Waals surface area contributed by atoms with Crippen molar-refractivity contribution in [2.45, 2.75) is 57.7 Å². The van der Waals surface area contributed by atoms with E-state index in [0.29, 0.717) is 39.0 Å². The van der Waals surface area contributed by atoms with Crippen LogP contribution in [0.1, 0.15) is 51.1 Å². The highest BCUT2D eigenvalue weighted by atomic mass is 16.3. The fourth-order valence-corrected chi connectivity index (χ4v) is 4.81. The van der Waals surface area contributed by atoms with Gasteiger partial charge in [-0.1, -0.05) is 0 Å². The van der Waals surface area contributed by atoms with Crippen LogP contribution in [0.3, 0.4) is 0 Å². The van der Waals surface area contributed by atoms with Gasteiger partial charge < -0.3 is 24.9 Å². The highest BCUT2D eigenvalue weighted by Gasteiger charge is 2.49. The summed E-state index contributed by atoms with van der Waals surface area (Å²) in [7, 11) is 0. The minimum absolute atomic E-state index is 0.000287. The summed E-state index contributed by atoms with van der Waals surface area (Å²) in [4.78, 5) is 43.3. The molecule has 0 saturated carbocycles. The van der Waals surface area contributed by atoms with Crippen LogP contribution in [-0.4, -0.2) is 75.7 Å². The van der Waals surface area contributed by atoms with Crippen LogP contribution in [-0.2, 0) is 9.59 Å². The van der Waals surface area contributed by atoms with Crippen LogP contribution in [0.25, 0.3) is 0 Å². The lowest BCUT2D eigenvalue weighted by molar-refractivity contribution is -0.164. The molecule has 0 aromatic carbocycles. The first-order valence-corrected chi connectivity index (χ1v) is 9.75. The van der Waals surface area contributed by atoms with E-state index in [-0.39, 0.29) is 17.7 Å². The van der Waals surface area contributed by atoms with Crippen molar-refractivity contribution in [1.82, 2.24) is 14.7 Å². The molecule has 2 N–H and O–H groups in total. The Bertz CT molecular complexity index is 730. The van der Waals surface area contributed by atoms with E-state index in [1.54, 1.807) is 21.9 Å². The Morgan fingerprint density at radius 1 is 0.964 bits per heavy atom. The number of piperazine rings is 1. The van der Waals surface area contributed by atoms with Crippen molar-refractivity contribution in [1.29, 1.82) is 0 Å². The zero-order chi connectivity index (χ0) is 20.7. The molecule has 0 spiro atoms. The van der Waals surface area contributed by atoms with Crippen molar-refractivity contribution in [3.8, 4) is 0 Å². The predicted molar refractivity (Wildman–Crippen MR) is 103 cm³/mol. The molecule has 1 aromatic heterocycles. The van der Waals surface area contributed by atoms with E-state index in [1.165, 1.54) is 11.2 Å². The van der Waals surface area contributed by atoms with Gasteiger partial charge in [-0.25, -0.2) is 0 Å². The number of likely N-dealkylation sites (tertiary alicyclic amines) is 1. The van der Waals surface area contributed by atoms with Gasteiger partial charge in [0.25, 0.3) is 5.91 Å². The fraction of sp³-hybridized carbons (Fsp3) is 0.650. The molecule has 2 fully saturated rings. The van der Waals surface area contributed by atoms with Crippen LogP contribution in [0.15, 0.2) is 22.8 Å². The molecule has 3 heterocycles. The Morgan fingerprint density at radius 3 is 2.00 bits per heavy atom. The Morgan fingerprint density at radius 2 is 1.50 bits per heavy atom. The number of nitrogens with two attached hydrogens (primary N) is 1. The van der Waals surface area contributed by atoms with Gasteiger partial charge in [0.2, 0.25) is 0 Å². The van der Waals surface area contributed by atoms with E-state index in [1.807, 2.05) is 27.7 Å². The number of nitrogens with zero attached hydrogens (tertiary/aromatic N) is 3. The summed E-state index contributed by atoms with van der Waals surface area (Å²) in [5.41, 5.74) is 5.18. The SMILES string of the molecule is CC1(C)CC(N)CC(C)(C)N1C(=O)C(=O)N1CCN(C(=O)c2ccco2)CC1.